The number of carbonyl (C=O) groups is 1. The first kappa shape index (κ1) is 16.1. The van der Waals surface area contributed by atoms with Crippen molar-refractivity contribution in [2.45, 2.75) is 0 Å². The number of ether oxygens (including phenoxy) is 2. The summed E-state index contributed by atoms with van der Waals surface area (Å²) in [5, 5.41) is 0.245. The maximum Gasteiger partial charge on any atom is 0.196 e. The first-order valence-corrected chi connectivity index (χ1v) is 7.44. The minimum Gasteiger partial charge on any atom is -0.493 e. The first-order valence-electron chi connectivity index (χ1n) is 7.07. The van der Waals surface area contributed by atoms with Crippen LogP contribution in [0.1, 0.15) is 15.9 Å². The lowest BCUT2D eigenvalue weighted by molar-refractivity contribution is 0.103. The fraction of sp³-hybridized carbons (Fsp3) is 0.0556. The minimum absolute atomic E-state index is 0.198. The van der Waals surface area contributed by atoms with Crippen molar-refractivity contribution in [3.05, 3.63) is 76.8 Å². The molecule has 0 bridgehead atoms. The fourth-order valence-corrected chi connectivity index (χ4v) is 2.48. The van der Waals surface area contributed by atoms with E-state index in [1.165, 1.54) is 31.4 Å². The summed E-state index contributed by atoms with van der Waals surface area (Å²) in [5.74, 6) is 0.333. The number of nitrogens with one attached hydrogen (secondary N) is 1. The normalized spacial score (nSPS) is 10.5. The number of hydrogen-bond acceptors (Lipinski definition) is 3. The smallest absolute Gasteiger partial charge is 0.196 e. The van der Waals surface area contributed by atoms with Crippen LogP contribution in [0.3, 0.4) is 0 Å². The van der Waals surface area contributed by atoms with Crippen LogP contribution in [0.5, 0.6) is 17.2 Å². The zero-order valence-corrected chi connectivity index (χ0v) is 13.4. The molecule has 0 spiro atoms. The summed E-state index contributed by atoms with van der Waals surface area (Å²) < 4.78 is 24.1. The molecule has 0 aliphatic carbocycles. The lowest BCUT2D eigenvalue weighted by Gasteiger charge is -2.11. The zero-order chi connectivity index (χ0) is 17.1. The number of aromatic amines is 1. The molecular weight excluding hydrogens is 333 g/mol. The Morgan fingerprint density at radius 1 is 1.12 bits per heavy atom. The molecule has 0 unspecified atom stereocenters. The third-order valence-electron chi connectivity index (χ3n) is 3.40. The SMILES string of the molecule is COc1ccc(F)cc1Oc1ccc(C(=O)c2cc[nH]c2)c(Cl)c1. The maximum absolute atomic E-state index is 13.4. The van der Waals surface area contributed by atoms with Crippen molar-refractivity contribution in [1.82, 2.24) is 4.98 Å². The summed E-state index contributed by atoms with van der Waals surface area (Å²) in [7, 11) is 1.46. The van der Waals surface area contributed by atoms with E-state index in [4.69, 9.17) is 21.1 Å². The Kier molecular flexibility index (Phi) is 4.53. The molecule has 1 aromatic heterocycles. The van der Waals surface area contributed by atoms with E-state index in [0.29, 0.717) is 22.6 Å². The number of H-pyrrole nitrogens is 1. The van der Waals surface area contributed by atoms with Crippen LogP contribution in [-0.2, 0) is 0 Å². The number of methoxy groups -OCH3 is 1. The number of aromatic nitrogens is 1. The molecule has 24 heavy (non-hydrogen) atoms. The largest absolute Gasteiger partial charge is 0.493 e. The molecule has 4 nitrogen and oxygen atoms in total. The number of hydrogen-bond donors (Lipinski definition) is 1. The number of rotatable bonds is 5. The third-order valence-corrected chi connectivity index (χ3v) is 3.71. The van der Waals surface area contributed by atoms with Crippen molar-refractivity contribution in [3.8, 4) is 17.2 Å². The average molecular weight is 346 g/mol. The molecule has 1 N–H and O–H groups in total. The molecule has 0 aliphatic rings. The van der Waals surface area contributed by atoms with Gasteiger partial charge in [-0.25, -0.2) is 4.39 Å². The van der Waals surface area contributed by atoms with Crippen molar-refractivity contribution in [2.75, 3.05) is 7.11 Å². The summed E-state index contributed by atoms with van der Waals surface area (Å²) >= 11 is 6.20. The van der Waals surface area contributed by atoms with Gasteiger partial charge in [0.05, 0.1) is 12.1 Å². The van der Waals surface area contributed by atoms with Gasteiger partial charge in [0.1, 0.15) is 11.6 Å². The van der Waals surface area contributed by atoms with Gasteiger partial charge in [0.25, 0.3) is 0 Å². The van der Waals surface area contributed by atoms with Crippen LogP contribution in [0, 0.1) is 5.82 Å². The van der Waals surface area contributed by atoms with Gasteiger partial charge in [-0.2, -0.15) is 0 Å². The average Bonchev–Trinajstić information content (AvgIpc) is 3.09. The number of benzene rings is 2. The van der Waals surface area contributed by atoms with Gasteiger partial charge in [-0.1, -0.05) is 11.6 Å². The molecule has 6 heteroatoms. The molecule has 0 radical (unpaired) electrons. The highest BCUT2D eigenvalue weighted by atomic mass is 35.5. The van der Waals surface area contributed by atoms with Crippen molar-refractivity contribution in [1.29, 1.82) is 0 Å². The van der Waals surface area contributed by atoms with Gasteiger partial charge in [0.15, 0.2) is 17.3 Å². The van der Waals surface area contributed by atoms with Crippen LogP contribution >= 0.6 is 11.6 Å². The monoisotopic (exact) mass is 345 g/mol. The topological polar surface area (TPSA) is 51.3 Å². The number of carbonyl (C=O) groups excluding carboxylic acids is 1. The van der Waals surface area contributed by atoms with Gasteiger partial charge < -0.3 is 14.5 Å². The van der Waals surface area contributed by atoms with Gasteiger partial charge in [-0.3, -0.25) is 4.79 Å². The van der Waals surface area contributed by atoms with Crippen LogP contribution in [-0.4, -0.2) is 17.9 Å². The van der Waals surface area contributed by atoms with E-state index in [9.17, 15) is 9.18 Å². The van der Waals surface area contributed by atoms with E-state index in [1.54, 1.807) is 30.6 Å². The van der Waals surface area contributed by atoms with Crippen LogP contribution < -0.4 is 9.47 Å². The third kappa shape index (κ3) is 3.26. The van der Waals surface area contributed by atoms with Crippen LogP contribution in [0.4, 0.5) is 4.39 Å². The Morgan fingerprint density at radius 2 is 1.96 bits per heavy atom. The summed E-state index contributed by atoms with van der Waals surface area (Å²) in [6.45, 7) is 0. The van der Waals surface area contributed by atoms with Gasteiger partial charge in [0, 0.05) is 35.7 Å². The van der Waals surface area contributed by atoms with Crippen molar-refractivity contribution >= 4 is 17.4 Å². The molecule has 0 aliphatic heterocycles. The molecule has 0 atom stereocenters. The molecule has 122 valence electrons. The predicted molar refractivity (Wildman–Crippen MR) is 88.7 cm³/mol. The standard InChI is InChI=1S/C18H13ClFNO3/c1-23-16-5-2-12(20)8-17(16)24-13-3-4-14(15(19)9-13)18(22)11-6-7-21-10-11/h2-10,21H,1H3. The summed E-state index contributed by atoms with van der Waals surface area (Å²) in [6.07, 6.45) is 3.26. The fourth-order valence-electron chi connectivity index (χ4n) is 2.22. The molecule has 0 amide bonds. The van der Waals surface area contributed by atoms with E-state index in [1.807, 2.05) is 0 Å². The molecule has 2 aromatic carbocycles. The van der Waals surface area contributed by atoms with Gasteiger partial charge in [-0.15, -0.1) is 0 Å². The summed E-state index contributed by atoms with van der Waals surface area (Å²) in [5.41, 5.74) is 0.868. The Hall–Kier alpha value is -2.79. The maximum atomic E-state index is 13.4. The lowest BCUT2D eigenvalue weighted by atomic mass is 10.1. The van der Waals surface area contributed by atoms with Gasteiger partial charge in [-0.05, 0) is 30.3 Å². The predicted octanol–water partition coefficient (Wildman–Crippen LogP) is 4.84. The number of ketones is 1. The van der Waals surface area contributed by atoms with Crippen LogP contribution in [0.25, 0.3) is 0 Å². The van der Waals surface area contributed by atoms with Crippen LogP contribution in [0.15, 0.2) is 54.9 Å². The molecule has 1 heterocycles. The lowest BCUT2D eigenvalue weighted by Crippen LogP contribution is -2.01. The molecule has 0 saturated carbocycles. The Bertz CT molecular complexity index is 878. The van der Waals surface area contributed by atoms with Crippen LogP contribution in [0.2, 0.25) is 5.02 Å². The quantitative estimate of drug-likeness (QED) is 0.673. The van der Waals surface area contributed by atoms with E-state index >= 15 is 0 Å². The van der Waals surface area contributed by atoms with Crippen molar-refractivity contribution in [3.63, 3.8) is 0 Å². The van der Waals surface area contributed by atoms with Crippen molar-refractivity contribution < 1.29 is 18.7 Å². The first-order chi connectivity index (χ1) is 11.6. The van der Waals surface area contributed by atoms with Gasteiger partial charge >= 0.3 is 0 Å². The van der Waals surface area contributed by atoms with E-state index in [-0.39, 0.29) is 16.6 Å². The minimum atomic E-state index is -0.448. The molecular formula is C18H13ClFNO3. The second-order valence-electron chi connectivity index (χ2n) is 4.97. The summed E-state index contributed by atoms with van der Waals surface area (Å²) in [4.78, 5) is 15.2. The Morgan fingerprint density at radius 3 is 2.62 bits per heavy atom. The highest BCUT2D eigenvalue weighted by Crippen LogP contribution is 2.34. The molecule has 3 aromatic rings. The van der Waals surface area contributed by atoms with Gasteiger partial charge in [0.2, 0.25) is 0 Å². The van der Waals surface area contributed by atoms with E-state index in [0.717, 1.165) is 0 Å². The molecule has 0 saturated heterocycles. The molecule has 0 fully saturated rings. The molecule has 3 rings (SSSR count). The highest BCUT2D eigenvalue weighted by molar-refractivity contribution is 6.35. The van der Waals surface area contributed by atoms with E-state index in [2.05, 4.69) is 4.98 Å². The van der Waals surface area contributed by atoms with E-state index < -0.39 is 5.82 Å². The zero-order valence-electron chi connectivity index (χ0n) is 12.7. The highest BCUT2D eigenvalue weighted by Gasteiger charge is 2.15. The Labute approximate surface area is 142 Å². The summed E-state index contributed by atoms with van der Waals surface area (Å²) in [6, 6.07) is 10.3. The number of halogens is 2. The van der Waals surface area contributed by atoms with Crippen molar-refractivity contribution in [2.24, 2.45) is 0 Å². The Balaban J connectivity index is 1.88. The second kappa shape index (κ2) is 6.76. The second-order valence-corrected chi connectivity index (χ2v) is 5.37.